The number of benzene rings is 2. The molecule has 0 radical (unpaired) electrons. The summed E-state index contributed by atoms with van der Waals surface area (Å²) >= 11 is 5.67. The van der Waals surface area contributed by atoms with E-state index in [-0.39, 0.29) is 11.4 Å². The molecule has 1 amide bonds. The van der Waals surface area contributed by atoms with E-state index in [1.54, 1.807) is 7.11 Å². The third-order valence-corrected chi connectivity index (χ3v) is 6.15. The molecule has 5 nitrogen and oxygen atoms in total. The molecule has 0 spiro atoms. The summed E-state index contributed by atoms with van der Waals surface area (Å²) < 4.78 is 5.30. The van der Waals surface area contributed by atoms with Crippen LogP contribution in [0, 0.1) is 0 Å². The number of rotatable bonds is 5. The Kier molecular flexibility index (Phi) is 5.72. The van der Waals surface area contributed by atoms with Gasteiger partial charge in [0.15, 0.2) is 5.11 Å². The molecule has 29 heavy (non-hydrogen) atoms. The maximum atomic E-state index is 12.0. The quantitative estimate of drug-likeness (QED) is 0.708. The maximum absolute atomic E-state index is 12.0. The number of carbonyl (C=O) groups excluding carboxylic acids is 1. The summed E-state index contributed by atoms with van der Waals surface area (Å²) in [5.41, 5.74) is 2.89. The number of anilines is 2. The van der Waals surface area contributed by atoms with Crippen LogP contribution in [0.5, 0.6) is 5.75 Å². The second kappa shape index (κ2) is 8.41. The van der Waals surface area contributed by atoms with E-state index < -0.39 is 0 Å². The van der Waals surface area contributed by atoms with E-state index in [1.807, 2.05) is 41.3 Å². The number of amides is 1. The van der Waals surface area contributed by atoms with E-state index in [0.717, 1.165) is 42.9 Å². The minimum Gasteiger partial charge on any atom is -0.497 e. The van der Waals surface area contributed by atoms with Crippen LogP contribution >= 0.6 is 12.2 Å². The highest BCUT2D eigenvalue weighted by Gasteiger charge is 2.36. The zero-order valence-electron chi connectivity index (χ0n) is 16.7. The molecule has 2 aromatic rings. The van der Waals surface area contributed by atoms with E-state index >= 15 is 0 Å². The monoisotopic (exact) mass is 409 g/mol. The molecule has 4 rings (SSSR count). The molecule has 1 aliphatic carbocycles. The fourth-order valence-electron chi connectivity index (χ4n) is 4.43. The van der Waals surface area contributed by atoms with Gasteiger partial charge >= 0.3 is 0 Å². The normalized spacial score (nSPS) is 18.0. The molecule has 1 saturated heterocycles. The van der Waals surface area contributed by atoms with Crippen molar-refractivity contribution in [1.29, 1.82) is 0 Å². The average Bonchev–Trinajstić information content (AvgIpc) is 3.38. The van der Waals surface area contributed by atoms with E-state index in [0.29, 0.717) is 11.5 Å². The molecule has 2 aliphatic rings. The topological polar surface area (TPSA) is 53.6 Å². The minimum absolute atomic E-state index is 0.154. The molecule has 0 atom stereocenters. The summed E-state index contributed by atoms with van der Waals surface area (Å²) in [7, 11) is 1.68. The molecule has 1 saturated carbocycles. The molecule has 2 aromatic carbocycles. The first-order valence-corrected chi connectivity index (χ1v) is 10.6. The number of ether oxygens (including phenoxy) is 1. The van der Waals surface area contributed by atoms with E-state index in [2.05, 4.69) is 22.8 Å². The van der Waals surface area contributed by atoms with Crippen LogP contribution in [0.1, 0.15) is 44.1 Å². The van der Waals surface area contributed by atoms with Crippen LogP contribution in [0.25, 0.3) is 0 Å². The Bertz CT molecular complexity index is 891. The van der Waals surface area contributed by atoms with Crippen molar-refractivity contribution in [2.75, 3.05) is 23.9 Å². The molecule has 0 aromatic heterocycles. The van der Waals surface area contributed by atoms with Crippen molar-refractivity contribution in [3.63, 3.8) is 0 Å². The van der Waals surface area contributed by atoms with Gasteiger partial charge in [-0.1, -0.05) is 31.0 Å². The smallest absolute Gasteiger partial charge is 0.227 e. The molecule has 152 valence electrons. The van der Waals surface area contributed by atoms with Crippen molar-refractivity contribution in [2.45, 2.75) is 44.1 Å². The van der Waals surface area contributed by atoms with Crippen molar-refractivity contribution in [2.24, 2.45) is 0 Å². The van der Waals surface area contributed by atoms with Gasteiger partial charge in [-0.05, 0) is 67.4 Å². The van der Waals surface area contributed by atoms with Gasteiger partial charge in [-0.2, -0.15) is 0 Å². The fraction of sp³-hybridized carbons (Fsp3) is 0.391. The number of carbonyl (C=O) groups is 1. The summed E-state index contributed by atoms with van der Waals surface area (Å²) in [6.07, 6.45) is 5.98. The van der Waals surface area contributed by atoms with Crippen molar-refractivity contribution < 1.29 is 9.53 Å². The number of hydrogen-bond donors (Lipinski definition) is 2. The van der Waals surface area contributed by atoms with Crippen molar-refractivity contribution in [3.05, 3.63) is 54.1 Å². The van der Waals surface area contributed by atoms with Gasteiger partial charge < -0.3 is 20.3 Å². The summed E-state index contributed by atoms with van der Waals surface area (Å²) in [6, 6.07) is 16.2. The minimum atomic E-state index is -0.154. The van der Waals surface area contributed by atoms with Gasteiger partial charge in [-0.25, -0.2) is 0 Å². The molecule has 0 bridgehead atoms. The Morgan fingerprint density at radius 1 is 1.10 bits per heavy atom. The van der Waals surface area contributed by atoms with Crippen LogP contribution in [0.3, 0.4) is 0 Å². The van der Waals surface area contributed by atoms with Gasteiger partial charge in [0.05, 0.1) is 12.6 Å². The molecule has 6 heteroatoms. The predicted molar refractivity (Wildman–Crippen MR) is 121 cm³/mol. The molecular weight excluding hydrogens is 382 g/mol. The van der Waals surface area contributed by atoms with Gasteiger partial charge in [0.1, 0.15) is 5.75 Å². The summed E-state index contributed by atoms with van der Waals surface area (Å²) in [5.74, 6) is 1.04. The Labute approximate surface area is 177 Å². The van der Waals surface area contributed by atoms with Crippen LogP contribution in [0.4, 0.5) is 11.4 Å². The number of nitrogens with one attached hydrogen (secondary N) is 2. The molecule has 1 heterocycles. The largest absolute Gasteiger partial charge is 0.497 e. The van der Waals surface area contributed by atoms with Gasteiger partial charge in [0.2, 0.25) is 5.91 Å². The SMILES string of the molecule is COc1ccc(C2(NC(=S)Nc3cccc(N4CCCC4=O)c3)CCCC2)cc1. The van der Waals surface area contributed by atoms with Crippen LogP contribution in [-0.2, 0) is 10.3 Å². The van der Waals surface area contributed by atoms with Gasteiger partial charge in [-0.15, -0.1) is 0 Å². The van der Waals surface area contributed by atoms with E-state index in [9.17, 15) is 4.79 Å². The van der Waals surface area contributed by atoms with Crippen LogP contribution in [0.15, 0.2) is 48.5 Å². The Morgan fingerprint density at radius 2 is 1.86 bits per heavy atom. The number of methoxy groups -OCH3 is 1. The Balaban J connectivity index is 1.48. The van der Waals surface area contributed by atoms with Gasteiger partial charge in [-0.3, -0.25) is 4.79 Å². The lowest BCUT2D eigenvalue weighted by atomic mass is 9.88. The molecule has 1 aliphatic heterocycles. The summed E-state index contributed by atoms with van der Waals surface area (Å²) in [6.45, 7) is 0.783. The summed E-state index contributed by atoms with van der Waals surface area (Å²) in [4.78, 5) is 13.9. The maximum Gasteiger partial charge on any atom is 0.227 e. The zero-order valence-corrected chi connectivity index (χ0v) is 17.6. The predicted octanol–water partition coefficient (Wildman–Crippen LogP) is 4.58. The standard InChI is InChI=1S/C23H27N3O2S/c1-28-20-11-9-17(10-12-20)23(13-2-3-14-23)25-22(29)24-18-6-4-7-19(16-18)26-15-5-8-21(26)27/h4,6-7,9-12,16H,2-3,5,8,13-15H2,1H3,(H2,24,25,29). The molecular formula is C23H27N3O2S. The lowest BCUT2D eigenvalue weighted by molar-refractivity contribution is -0.117. The lowest BCUT2D eigenvalue weighted by Crippen LogP contribution is -2.45. The van der Waals surface area contributed by atoms with Crippen molar-refractivity contribution in [3.8, 4) is 5.75 Å². The number of thiocarbonyl (C=S) groups is 1. The van der Waals surface area contributed by atoms with Crippen molar-refractivity contribution >= 4 is 34.6 Å². The third-order valence-electron chi connectivity index (χ3n) is 5.94. The van der Waals surface area contributed by atoms with E-state index in [4.69, 9.17) is 17.0 Å². The zero-order chi connectivity index (χ0) is 20.3. The van der Waals surface area contributed by atoms with Crippen molar-refractivity contribution in [1.82, 2.24) is 5.32 Å². The lowest BCUT2D eigenvalue weighted by Gasteiger charge is -2.32. The fourth-order valence-corrected chi connectivity index (χ4v) is 4.74. The Hall–Kier alpha value is -2.60. The highest BCUT2D eigenvalue weighted by Crippen LogP contribution is 2.39. The first-order chi connectivity index (χ1) is 14.1. The highest BCUT2D eigenvalue weighted by molar-refractivity contribution is 7.80. The number of nitrogens with zero attached hydrogens (tertiary/aromatic N) is 1. The van der Waals surface area contributed by atoms with E-state index in [1.165, 1.54) is 18.4 Å². The average molecular weight is 410 g/mol. The first-order valence-electron chi connectivity index (χ1n) is 10.2. The second-order valence-corrected chi connectivity index (χ2v) is 8.20. The Morgan fingerprint density at radius 3 is 2.52 bits per heavy atom. The van der Waals surface area contributed by atoms with Crippen LogP contribution in [-0.4, -0.2) is 24.7 Å². The van der Waals surface area contributed by atoms with Crippen LogP contribution < -0.4 is 20.3 Å². The van der Waals surface area contributed by atoms with Gasteiger partial charge in [0.25, 0.3) is 0 Å². The first kappa shape index (κ1) is 19.7. The second-order valence-electron chi connectivity index (χ2n) is 7.80. The van der Waals surface area contributed by atoms with Gasteiger partial charge in [0, 0.05) is 24.3 Å². The summed E-state index contributed by atoms with van der Waals surface area (Å²) in [5, 5.41) is 7.52. The number of hydrogen-bond acceptors (Lipinski definition) is 3. The molecule has 2 N–H and O–H groups in total. The van der Waals surface area contributed by atoms with Crippen LogP contribution in [0.2, 0.25) is 0 Å². The highest BCUT2D eigenvalue weighted by atomic mass is 32.1. The third kappa shape index (κ3) is 4.22. The molecule has 0 unspecified atom stereocenters. The molecule has 2 fully saturated rings.